The van der Waals surface area contributed by atoms with Crippen molar-refractivity contribution in [3.63, 3.8) is 0 Å². The van der Waals surface area contributed by atoms with Gasteiger partial charge < -0.3 is 24.6 Å². The van der Waals surface area contributed by atoms with Gasteiger partial charge in [-0.2, -0.15) is 0 Å². The highest BCUT2D eigenvalue weighted by Gasteiger charge is 2.06. The Kier molecular flexibility index (Phi) is 8.02. The predicted octanol–water partition coefficient (Wildman–Crippen LogP) is 1.58. The predicted molar refractivity (Wildman–Crippen MR) is 78.4 cm³/mol. The molecule has 0 saturated heterocycles. The molecule has 20 heavy (non-hydrogen) atoms. The summed E-state index contributed by atoms with van der Waals surface area (Å²) in [5.74, 6) is 1.41. The van der Waals surface area contributed by atoms with E-state index < -0.39 is 0 Å². The Morgan fingerprint density at radius 1 is 1.20 bits per heavy atom. The van der Waals surface area contributed by atoms with Crippen molar-refractivity contribution in [3.05, 3.63) is 23.8 Å². The molecule has 0 bridgehead atoms. The second-order valence-electron chi connectivity index (χ2n) is 4.64. The Bertz CT molecular complexity index is 382. The van der Waals surface area contributed by atoms with E-state index in [4.69, 9.17) is 14.2 Å². The maximum Gasteiger partial charge on any atom is 0.161 e. The molecule has 1 rings (SSSR count). The number of aliphatic hydroxyl groups excluding tert-OH is 1. The van der Waals surface area contributed by atoms with Crippen molar-refractivity contribution in [2.45, 2.75) is 26.0 Å². The van der Waals surface area contributed by atoms with Gasteiger partial charge in [0.05, 0.1) is 26.4 Å². The van der Waals surface area contributed by atoms with Crippen LogP contribution < -0.4 is 14.8 Å². The quantitative estimate of drug-likeness (QED) is 0.638. The lowest BCUT2D eigenvalue weighted by Crippen LogP contribution is -2.18. The zero-order valence-electron chi connectivity index (χ0n) is 12.5. The third kappa shape index (κ3) is 6.23. The summed E-state index contributed by atoms with van der Waals surface area (Å²) in [5.41, 5.74) is 1.13. The Hall–Kier alpha value is -1.30. The molecule has 0 saturated carbocycles. The number of aliphatic hydroxyl groups is 1. The molecule has 1 aromatic carbocycles. The van der Waals surface area contributed by atoms with Gasteiger partial charge in [0.1, 0.15) is 0 Å². The Morgan fingerprint density at radius 2 is 2.00 bits per heavy atom. The minimum absolute atomic E-state index is 0.356. The topological polar surface area (TPSA) is 60.0 Å². The van der Waals surface area contributed by atoms with Crippen molar-refractivity contribution in [3.8, 4) is 11.5 Å². The highest BCUT2D eigenvalue weighted by molar-refractivity contribution is 5.42. The summed E-state index contributed by atoms with van der Waals surface area (Å²) < 4.78 is 15.9. The molecule has 1 unspecified atom stereocenters. The molecule has 0 spiro atoms. The fourth-order valence-electron chi connectivity index (χ4n) is 1.69. The van der Waals surface area contributed by atoms with Gasteiger partial charge >= 0.3 is 0 Å². The maximum atomic E-state index is 9.21. The second kappa shape index (κ2) is 9.58. The second-order valence-corrected chi connectivity index (χ2v) is 4.64. The number of ether oxygens (including phenoxy) is 3. The first-order valence-electron chi connectivity index (χ1n) is 6.84. The summed E-state index contributed by atoms with van der Waals surface area (Å²) in [7, 11) is 3.31. The number of methoxy groups -OCH3 is 2. The summed E-state index contributed by atoms with van der Waals surface area (Å²) in [6.07, 6.45) is 0.244. The molecule has 114 valence electrons. The van der Waals surface area contributed by atoms with Gasteiger partial charge in [0.15, 0.2) is 11.5 Å². The molecule has 5 nitrogen and oxygen atoms in total. The Labute approximate surface area is 120 Å². The molecule has 1 atom stereocenters. The van der Waals surface area contributed by atoms with Crippen LogP contribution in [0.15, 0.2) is 18.2 Å². The van der Waals surface area contributed by atoms with Gasteiger partial charge in [-0.05, 0) is 24.6 Å². The fraction of sp³-hybridized carbons (Fsp3) is 0.600. The highest BCUT2D eigenvalue weighted by Crippen LogP contribution is 2.28. The molecule has 0 fully saturated rings. The lowest BCUT2D eigenvalue weighted by molar-refractivity contribution is 0.154. The number of rotatable bonds is 10. The Morgan fingerprint density at radius 3 is 2.65 bits per heavy atom. The van der Waals surface area contributed by atoms with Crippen LogP contribution in [0.5, 0.6) is 11.5 Å². The Balaban J connectivity index is 2.51. The van der Waals surface area contributed by atoms with E-state index in [0.29, 0.717) is 31.1 Å². The van der Waals surface area contributed by atoms with Crippen LogP contribution in [-0.2, 0) is 11.3 Å². The minimum atomic E-state index is -0.356. The first-order valence-corrected chi connectivity index (χ1v) is 6.84. The largest absolute Gasteiger partial charge is 0.493 e. The summed E-state index contributed by atoms with van der Waals surface area (Å²) in [6, 6.07) is 5.85. The van der Waals surface area contributed by atoms with Crippen molar-refractivity contribution < 1.29 is 19.3 Å². The average Bonchev–Trinajstić information content (AvgIpc) is 2.44. The van der Waals surface area contributed by atoms with E-state index in [1.165, 1.54) is 0 Å². The van der Waals surface area contributed by atoms with Gasteiger partial charge in [0, 0.05) is 26.6 Å². The van der Waals surface area contributed by atoms with E-state index in [1.807, 2.05) is 18.2 Å². The van der Waals surface area contributed by atoms with E-state index in [2.05, 4.69) is 5.32 Å². The standard InChI is InChI=1S/C15H25NO4/c1-12(17)6-8-20-14-5-4-13(10-15(14)19-3)11-16-7-9-18-2/h4-5,10,12,16-17H,6-9,11H2,1-3H3. The lowest BCUT2D eigenvalue weighted by atomic mass is 10.2. The monoisotopic (exact) mass is 283 g/mol. The smallest absolute Gasteiger partial charge is 0.161 e. The fourth-order valence-corrected chi connectivity index (χ4v) is 1.69. The molecule has 5 heteroatoms. The van der Waals surface area contributed by atoms with Gasteiger partial charge in [-0.15, -0.1) is 0 Å². The summed E-state index contributed by atoms with van der Waals surface area (Å²) in [6.45, 7) is 4.48. The summed E-state index contributed by atoms with van der Waals surface area (Å²) in [5, 5.41) is 12.5. The van der Waals surface area contributed by atoms with E-state index in [-0.39, 0.29) is 6.10 Å². The van der Waals surface area contributed by atoms with Gasteiger partial charge in [-0.3, -0.25) is 0 Å². The molecule has 0 aromatic heterocycles. The normalized spacial score (nSPS) is 12.2. The lowest BCUT2D eigenvalue weighted by Gasteiger charge is -2.13. The molecule has 0 heterocycles. The molecular weight excluding hydrogens is 258 g/mol. The van der Waals surface area contributed by atoms with E-state index in [1.54, 1.807) is 21.1 Å². The number of hydrogen-bond acceptors (Lipinski definition) is 5. The zero-order valence-corrected chi connectivity index (χ0v) is 12.5. The number of benzene rings is 1. The molecular formula is C15H25NO4. The van der Waals surface area contributed by atoms with Gasteiger partial charge in [0.25, 0.3) is 0 Å². The first-order chi connectivity index (χ1) is 9.67. The van der Waals surface area contributed by atoms with Crippen molar-refractivity contribution in [1.29, 1.82) is 0 Å². The van der Waals surface area contributed by atoms with Gasteiger partial charge in [-0.1, -0.05) is 6.07 Å². The van der Waals surface area contributed by atoms with Crippen LogP contribution in [-0.4, -0.2) is 45.2 Å². The van der Waals surface area contributed by atoms with Crippen molar-refractivity contribution in [2.75, 3.05) is 34.0 Å². The third-order valence-corrected chi connectivity index (χ3v) is 2.83. The SMILES string of the molecule is COCCNCc1ccc(OCCC(C)O)c(OC)c1. The van der Waals surface area contributed by atoms with Gasteiger partial charge in [-0.25, -0.2) is 0 Å². The summed E-state index contributed by atoms with van der Waals surface area (Å²) in [4.78, 5) is 0. The van der Waals surface area contributed by atoms with Crippen molar-refractivity contribution in [2.24, 2.45) is 0 Å². The molecule has 0 aliphatic heterocycles. The van der Waals surface area contributed by atoms with Crippen LogP contribution in [0, 0.1) is 0 Å². The van der Waals surface area contributed by atoms with Crippen molar-refractivity contribution in [1.82, 2.24) is 5.32 Å². The van der Waals surface area contributed by atoms with E-state index >= 15 is 0 Å². The molecule has 2 N–H and O–H groups in total. The zero-order chi connectivity index (χ0) is 14.8. The molecule has 0 aliphatic carbocycles. The highest BCUT2D eigenvalue weighted by atomic mass is 16.5. The molecule has 0 aliphatic rings. The van der Waals surface area contributed by atoms with Crippen LogP contribution in [0.3, 0.4) is 0 Å². The van der Waals surface area contributed by atoms with Crippen LogP contribution in [0.4, 0.5) is 0 Å². The molecule has 1 aromatic rings. The van der Waals surface area contributed by atoms with E-state index in [9.17, 15) is 5.11 Å². The van der Waals surface area contributed by atoms with Crippen LogP contribution >= 0.6 is 0 Å². The van der Waals surface area contributed by atoms with Crippen LogP contribution in [0.1, 0.15) is 18.9 Å². The van der Waals surface area contributed by atoms with Crippen LogP contribution in [0.25, 0.3) is 0 Å². The molecule has 0 amide bonds. The number of nitrogens with one attached hydrogen (secondary N) is 1. The van der Waals surface area contributed by atoms with Gasteiger partial charge in [0.2, 0.25) is 0 Å². The maximum absolute atomic E-state index is 9.21. The van der Waals surface area contributed by atoms with Crippen LogP contribution in [0.2, 0.25) is 0 Å². The van der Waals surface area contributed by atoms with Crippen molar-refractivity contribution >= 4 is 0 Å². The first kappa shape index (κ1) is 16.8. The molecule has 0 radical (unpaired) electrons. The number of hydrogen-bond donors (Lipinski definition) is 2. The third-order valence-electron chi connectivity index (χ3n) is 2.83. The average molecular weight is 283 g/mol. The summed E-state index contributed by atoms with van der Waals surface area (Å²) >= 11 is 0. The van der Waals surface area contributed by atoms with E-state index in [0.717, 1.165) is 18.7 Å². The minimum Gasteiger partial charge on any atom is -0.493 e.